The number of methoxy groups -OCH3 is 1. The van der Waals surface area contributed by atoms with Gasteiger partial charge in [0.25, 0.3) is 0 Å². The Morgan fingerprint density at radius 2 is 1.94 bits per heavy atom. The zero-order valence-electron chi connectivity index (χ0n) is 10.7. The fraction of sp³-hybridized carbons (Fsp3) is 0.571. The molecule has 2 atom stereocenters. The van der Waals surface area contributed by atoms with Crippen LogP contribution in [0.5, 0.6) is 5.75 Å². The first-order valence-corrected chi connectivity index (χ1v) is 5.88. The summed E-state index contributed by atoms with van der Waals surface area (Å²) in [6, 6.07) is 4.37. The lowest BCUT2D eigenvalue weighted by Gasteiger charge is -2.15. The third-order valence-electron chi connectivity index (χ3n) is 3.26. The van der Waals surface area contributed by atoms with E-state index in [2.05, 4.69) is 39.8 Å². The van der Waals surface area contributed by atoms with E-state index in [0.29, 0.717) is 18.1 Å². The maximum absolute atomic E-state index is 5.55. The Bertz CT molecular complexity index is 396. The molecule has 1 heterocycles. The molecular weight excluding hydrogens is 200 g/mol. The third kappa shape index (κ3) is 1.94. The van der Waals surface area contributed by atoms with E-state index in [1.807, 2.05) is 0 Å². The van der Waals surface area contributed by atoms with Crippen LogP contribution < -0.4 is 4.74 Å². The van der Waals surface area contributed by atoms with E-state index >= 15 is 0 Å². The second kappa shape index (κ2) is 4.10. The summed E-state index contributed by atoms with van der Waals surface area (Å²) < 4.78 is 11.0. The van der Waals surface area contributed by atoms with E-state index in [4.69, 9.17) is 9.47 Å². The van der Waals surface area contributed by atoms with Gasteiger partial charge in [-0.3, -0.25) is 0 Å². The number of rotatable bonds is 3. The first-order valence-electron chi connectivity index (χ1n) is 5.88. The summed E-state index contributed by atoms with van der Waals surface area (Å²) in [6.07, 6.45) is 0.663. The molecule has 2 unspecified atom stereocenters. The van der Waals surface area contributed by atoms with Gasteiger partial charge in [-0.25, -0.2) is 0 Å². The number of ether oxygens (including phenoxy) is 2. The Morgan fingerprint density at radius 1 is 1.31 bits per heavy atom. The topological polar surface area (TPSA) is 21.8 Å². The minimum atomic E-state index is 0.295. The Hall–Kier alpha value is -1.02. The van der Waals surface area contributed by atoms with Gasteiger partial charge in [-0.15, -0.1) is 0 Å². The fourth-order valence-electron chi connectivity index (χ4n) is 2.16. The largest absolute Gasteiger partial charge is 0.496 e. The number of benzene rings is 1. The van der Waals surface area contributed by atoms with E-state index in [1.54, 1.807) is 7.11 Å². The molecular formula is C14H20O2. The lowest BCUT2D eigenvalue weighted by atomic mass is 9.94. The van der Waals surface area contributed by atoms with Crippen molar-refractivity contribution in [3.05, 3.63) is 28.8 Å². The first-order chi connectivity index (χ1) is 7.54. The number of epoxide rings is 1. The van der Waals surface area contributed by atoms with Gasteiger partial charge in [-0.1, -0.05) is 13.8 Å². The van der Waals surface area contributed by atoms with Crippen molar-refractivity contribution in [2.45, 2.75) is 45.8 Å². The lowest BCUT2D eigenvalue weighted by molar-refractivity contribution is 0.381. The molecule has 0 aliphatic carbocycles. The van der Waals surface area contributed by atoms with Crippen LogP contribution in [0.25, 0.3) is 0 Å². The highest BCUT2D eigenvalue weighted by molar-refractivity contribution is 5.45. The first kappa shape index (κ1) is 11.5. The van der Waals surface area contributed by atoms with Crippen molar-refractivity contribution >= 4 is 0 Å². The maximum Gasteiger partial charge on any atom is 0.122 e. The van der Waals surface area contributed by atoms with Crippen molar-refractivity contribution in [1.29, 1.82) is 0 Å². The van der Waals surface area contributed by atoms with Gasteiger partial charge >= 0.3 is 0 Å². The SMILES string of the molecule is COc1cc(C)c(C2OC2C)cc1C(C)C. The molecule has 1 saturated heterocycles. The predicted molar refractivity (Wildman–Crippen MR) is 65.1 cm³/mol. The van der Waals surface area contributed by atoms with Crippen molar-refractivity contribution in [3.63, 3.8) is 0 Å². The summed E-state index contributed by atoms with van der Waals surface area (Å²) >= 11 is 0. The van der Waals surface area contributed by atoms with Gasteiger partial charge < -0.3 is 9.47 Å². The fourth-order valence-corrected chi connectivity index (χ4v) is 2.16. The standard InChI is InChI=1S/C14H20O2/c1-8(2)11-7-12(14-10(4)16-14)9(3)6-13(11)15-5/h6-8,10,14H,1-5H3. The Labute approximate surface area is 97.6 Å². The van der Waals surface area contributed by atoms with Crippen LogP contribution >= 0.6 is 0 Å². The molecule has 2 heteroatoms. The molecule has 0 amide bonds. The average molecular weight is 220 g/mol. The van der Waals surface area contributed by atoms with E-state index < -0.39 is 0 Å². The average Bonchev–Trinajstić information content (AvgIpc) is 2.94. The maximum atomic E-state index is 5.55. The molecule has 0 bridgehead atoms. The Kier molecular flexibility index (Phi) is 2.94. The zero-order chi connectivity index (χ0) is 11.9. The molecule has 1 aliphatic rings. The van der Waals surface area contributed by atoms with E-state index in [9.17, 15) is 0 Å². The van der Waals surface area contributed by atoms with Crippen LogP contribution in [0.2, 0.25) is 0 Å². The summed E-state index contributed by atoms with van der Waals surface area (Å²) in [4.78, 5) is 0. The second-order valence-corrected chi connectivity index (χ2v) is 4.87. The molecule has 0 spiro atoms. The van der Waals surface area contributed by atoms with Crippen molar-refractivity contribution < 1.29 is 9.47 Å². The minimum absolute atomic E-state index is 0.295. The second-order valence-electron chi connectivity index (χ2n) is 4.87. The van der Waals surface area contributed by atoms with E-state index in [-0.39, 0.29) is 0 Å². The Balaban J connectivity index is 2.43. The van der Waals surface area contributed by atoms with Gasteiger partial charge in [-0.05, 0) is 48.6 Å². The lowest BCUT2D eigenvalue weighted by Crippen LogP contribution is -1.99. The van der Waals surface area contributed by atoms with Crippen LogP contribution in [-0.2, 0) is 4.74 Å². The molecule has 16 heavy (non-hydrogen) atoms. The summed E-state index contributed by atoms with van der Waals surface area (Å²) in [5.41, 5.74) is 3.85. The van der Waals surface area contributed by atoms with Crippen LogP contribution in [0.4, 0.5) is 0 Å². The number of aryl methyl sites for hydroxylation is 1. The monoisotopic (exact) mass is 220 g/mol. The van der Waals surface area contributed by atoms with Crippen molar-refractivity contribution in [1.82, 2.24) is 0 Å². The molecule has 1 aromatic rings. The molecule has 0 N–H and O–H groups in total. The van der Waals surface area contributed by atoms with Gasteiger partial charge in [0.15, 0.2) is 0 Å². The molecule has 2 nitrogen and oxygen atoms in total. The summed E-state index contributed by atoms with van der Waals surface area (Å²) in [5.74, 6) is 1.47. The smallest absolute Gasteiger partial charge is 0.122 e. The number of hydrogen-bond donors (Lipinski definition) is 0. The summed E-state index contributed by atoms with van der Waals surface area (Å²) in [5, 5.41) is 0. The molecule has 2 rings (SSSR count). The molecule has 0 saturated carbocycles. The molecule has 1 aliphatic heterocycles. The summed E-state index contributed by atoms with van der Waals surface area (Å²) in [7, 11) is 1.73. The van der Waals surface area contributed by atoms with Crippen LogP contribution in [0.1, 0.15) is 49.5 Å². The van der Waals surface area contributed by atoms with Gasteiger partial charge in [0.2, 0.25) is 0 Å². The molecule has 1 aromatic carbocycles. The van der Waals surface area contributed by atoms with Gasteiger partial charge in [0, 0.05) is 0 Å². The van der Waals surface area contributed by atoms with Crippen LogP contribution in [0.15, 0.2) is 12.1 Å². The predicted octanol–water partition coefficient (Wildman–Crippen LogP) is 3.59. The van der Waals surface area contributed by atoms with Crippen molar-refractivity contribution in [2.75, 3.05) is 7.11 Å². The molecule has 0 radical (unpaired) electrons. The highest BCUT2D eigenvalue weighted by atomic mass is 16.6. The van der Waals surface area contributed by atoms with Gasteiger partial charge in [0.05, 0.1) is 13.2 Å². The third-order valence-corrected chi connectivity index (χ3v) is 3.26. The van der Waals surface area contributed by atoms with Gasteiger partial charge in [-0.2, -0.15) is 0 Å². The highest BCUT2D eigenvalue weighted by Crippen LogP contribution is 2.42. The highest BCUT2D eigenvalue weighted by Gasteiger charge is 2.37. The number of hydrogen-bond acceptors (Lipinski definition) is 2. The van der Waals surface area contributed by atoms with Crippen LogP contribution in [0.3, 0.4) is 0 Å². The zero-order valence-corrected chi connectivity index (χ0v) is 10.7. The molecule has 88 valence electrons. The summed E-state index contributed by atoms with van der Waals surface area (Å²) in [6.45, 7) is 8.61. The van der Waals surface area contributed by atoms with Crippen molar-refractivity contribution in [3.8, 4) is 5.75 Å². The molecule has 0 aromatic heterocycles. The van der Waals surface area contributed by atoms with Crippen LogP contribution in [0, 0.1) is 6.92 Å². The minimum Gasteiger partial charge on any atom is -0.496 e. The molecule has 1 fully saturated rings. The van der Waals surface area contributed by atoms with Crippen LogP contribution in [-0.4, -0.2) is 13.2 Å². The normalized spacial score (nSPS) is 23.6. The van der Waals surface area contributed by atoms with E-state index in [0.717, 1.165) is 5.75 Å². The Morgan fingerprint density at radius 3 is 2.38 bits per heavy atom. The quantitative estimate of drug-likeness (QED) is 0.726. The van der Waals surface area contributed by atoms with E-state index in [1.165, 1.54) is 16.7 Å². The van der Waals surface area contributed by atoms with Gasteiger partial charge in [0.1, 0.15) is 11.9 Å². The van der Waals surface area contributed by atoms with Crippen molar-refractivity contribution in [2.24, 2.45) is 0 Å².